The van der Waals surface area contributed by atoms with E-state index in [0.29, 0.717) is 24.0 Å². The molecular weight excluding hydrogens is 370 g/mol. The first kappa shape index (κ1) is 21.4. The molecule has 1 saturated heterocycles. The summed E-state index contributed by atoms with van der Waals surface area (Å²) in [6, 6.07) is 5.51. The number of nitrogens with zero attached hydrogens (tertiary/aromatic N) is 1. The Labute approximate surface area is 173 Å². The number of hydrogen-bond acceptors (Lipinski definition) is 5. The number of likely N-dealkylation sites (N-methyl/N-ethyl adjacent to an activating group) is 1. The molecule has 1 spiro atoms. The monoisotopic (exact) mass is 403 g/mol. The van der Waals surface area contributed by atoms with E-state index in [1.165, 1.54) is 0 Å². The lowest BCUT2D eigenvalue weighted by molar-refractivity contribution is -0.125. The average molecular weight is 404 g/mol. The summed E-state index contributed by atoms with van der Waals surface area (Å²) in [4.78, 5) is 27.4. The molecule has 29 heavy (non-hydrogen) atoms. The molecule has 0 unspecified atom stereocenters. The molecule has 1 aliphatic heterocycles. The summed E-state index contributed by atoms with van der Waals surface area (Å²) in [5, 5.41) is 5.84. The van der Waals surface area contributed by atoms with E-state index in [2.05, 4.69) is 29.4 Å². The van der Waals surface area contributed by atoms with Crippen LogP contribution in [-0.4, -0.2) is 57.1 Å². The highest BCUT2D eigenvalue weighted by Gasteiger charge is 2.63. The Hall–Kier alpha value is -2.28. The van der Waals surface area contributed by atoms with Gasteiger partial charge < -0.3 is 20.1 Å². The summed E-state index contributed by atoms with van der Waals surface area (Å²) >= 11 is 0. The van der Waals surface area contributed by atoms with Gasteiger partial charge in [0.25, 0.3) is 0 Å². The highest BCUT2D eigenvalue weighted by atomic mass is 16.5. The maximum atomic E-state index is 12.8. The molecule has 7 nitrogen and oxygen atoms in total. The minimum Gasteiger partial charge on any atom is -0.493 e. The SMILES string of the molecule is CNC(=O)[C@@H]1C[C@@]2(C[C@@H]2C(=O)NCc2ccc(OC)c(OC)c2)CN1CC(C)C. The maximum absolute atomic E-state index is 12.8. The molecule has 2 fully saturated rings. The molecule has 0 radical (unpaired) electrons. The molecule has 0 aromatic heterocycles. The van der Waals surface area contributed by atoms with Crippen LogP contribution in [0.2, 0.25) is 0 Å². The Balaban J connectivity index is 1.60. The van der Waals surface area contributed by atoms with Crippen molar-refractivity contribution in [3.63, 3.8) is 0 Å². The second-order valence-corrected chi connectivity index (χ2v) is 8.68. The zero-order chi connectivity index (χ0) is 21.2. The molecule has 1 aliphatic carbocycles. The van der Waals surface area contributed by atoms with Gasteiger partial charge in [-0.25, -0.2) is 0 Å². The molecule has 2 amide bonds. The van der Waals surface area contributed by atoms with Gasteiger partial charge in [0, 0.05) is 32.6 Å². The van der Waals surface area contributed by atoms with Gasteiger partial charge in [0.05, 0.1) is 20.3 Å². The maximum Gasteiger partial charge on any atom is 0.237 e. The van der Waals surface area contributed by atoms with Gasteiger partial charge in [0.15, 0.2) is 11.5 Å². The first-order valence-electron chi connectivity index (χ1n) is 10.3. The standard InChI is InChI=1S/C22H33N3O4/c1-14(2)12-25-13-22(10-17(25)21(27)23-3)9-16(22)20(26)24-11-15-6-7-18(28-4)19(8-15)29-5/h6-8,14,16-17H,9-13H2,1-5H3,(H,23,27)(H,24,26)/t16-,17+,22+/m1/s1. The van der Waals surface area contributed by atoms with Crippen LogP contribution in [0.4, 0.5) is 0 Å². The Morgan fingerprint density at radius 2 is 1.90 bits per heavy atom. The van der Waals surface area contributed by atoms with E-state index in [0.717, 1.165) is 31.5 Å². The summed E-state index contributed by atoms with van der Waals surface area (Å²) in [6.45, 7) is 6.45. The number of ether oxygens (including phenoxy) is 2. The molecular formula is C22H33N3O4. The first-order valence-corrected chi connectivity index (χ1v) is 10.3. The second kappa shape index (κ2) is 8.61. The summed E-state index contributed by atoms with van der Waals surface area (Å²) in [5.41, 5.74) is 0.898. The molecule has 160 valence electrons. The van der Waals surface area contributed by atoms with Crippen LogP contribution in [-0.2, 0) is 16.1 Å². The smallest absolute Gasteiger partial charge is 0.237 e. The van der Waals surface area contributed by atoms with Crippen LogP contribution in [0.3, 0.4) is 0 Å². The molecule has 1 heterocycles. The minimum atomic E-state index is -0.133. The van der Waals surface area contributed by atoms with E-state index in [4.69, 9.17) is 9.47 Å². The fourth-order valence-electron chi connectivity index (χ4n) is 4.60. The summed E-state index contributed by atoms with van der Waals surface area (Å²) in [7, 11) is 4.88. The number of likely N-dealkylation sites (tertiary alicyclic amines) is 1. The number of methoxy groups -OCH3 is 2. The van der Waals surface area contributed by atoms with Crippen LogP contribution in [0.1, 0.15) is 32.3 Å². The highest BCUT2D eigenvalue weighted by Crippen LogP contribution is 2.60. The lowest BCUT2D eigenvalue weighted by atomic mass is 9.99. The molecule has 3 atom stereocenters. The molecule has 1 aromatic carbocycles. The third kappa shape index (κ3) is 4.50. The van der Waals surface area contributed by atoms with E-state index in [9.17, 15) is 9.59 Å². The number of hydrogen-bond donors (Lipinski definition) is 2. The normalized spacial score (nSPS) is 25.9. The summed E-state index contributed by atoms with van der Waals surface area (Å²) in [5.74, 6) is 1.90. The predicted molar refractivity (Wildman–Crippen MR) is 111 cm³/mol. The van der Waals surface area contributed by atoms with Crippen molar-refractivity contribution in [2.75, 3.05) is 34.4 Å². The molecule has 1 saturated carbocycles. The number of carbonyl (C=O) groups is 2. The third-order valence-electron chi connectivity index (χ3n) is 6.13. The number of benzene rings is 1. The minimum absolute atomic E-state index is 0.0213. The number of nitrogens with one attached hydrogen (secondary N) is 2. The van der Waals surface area contributed by atoms with E-state index < -0.39 is 0 Å². The zero-order valence-corrected chi connectivity index (χ0v) is 18.1. The van der Waals surface area contributed by atoms with Crippen molar-refractivity contribution >= 4 is 11.8 Å². The van der Waals surface area contributed by atoms with Crippen LogP contribution in [0.15, 0.2) is 18.2 Å². The Morgan fingerprint density at radius 1 is 1.17 bits per heavy atom. The molecule has 7 heteroatoms. The van der Waals surface area contributed by atoms with Crippen molar-refractivity contribution in [2.24, 2.45) is 17.3 Å². The topological polar surface area (TPSA) is 79.9 Å². The quantitative estimate of drug-likeness (QED) is 0.692. The largest absolute Gasteiger partial charge is 0.493 e. The van der Waals surface area contributed by atoms with Gasteiger partial charge in [-0.3, -0.25) is 14.5 Å². The fourth-order valence-corrected chi connectivity index (χ4v) is 4.60. The fraction of sp³-hybridized carbons (Fsp3) is 0.636. The molecule has 2 N–H and O–H groups in total. The highest BCUT2D eigenvalue weighted by molar-refractivity contribution is 5.85. The van der Waals surface area contributed by atoms with E-state index in [-0.39, 0.29) is 29.2 Å². The lowest BCUT2D eigenvalue weighted by Crippen LogP contribution is -2.43. The van der Waals surface area contributed by atoms with Crippen molar-refractivity contribution in [3.8, 4) is 11.5 Å². The van der Waals surface area contributed by atoms with Gasteiger partial charge in [-0.15, -0.1) is 0 Å². The lowest BCUT2D eigenvalue weighted by Gasteiger charge is -2.24. The van der Waals surface area contributed by atoms with Gasteiger partial charge in [-0.1, -0.05) is 19.9 Å². The van der Waals surface area contributed by atoms with Crippen molar-refractivity contribution in [2.45, 2.75) is 39.3 Å². The number of rotatable bonds is 8. The van der Waals surface area contributed by atoms with Crippen molar-refractivity contribution in [1.29, 1.82) is 0 Å². The first-order chi connectivity index (χ1) is 13.8. The van der Waals surface area contributed by atoms with Crippen molar-refractivity contribution in [1.82, 2.24) is 15.5 Å². The molecule has 3 rings (SSSR count). The third-order valence-corrected chi connectivity index (χ3v) is 6.13. The van der Waals surface area contributed by atoms with E-state index in [1.54, 1.807) is 21.3 Å². The molecule has 0 bridgehead atoms. The van der Waals surface area contributed by atoms with Gasteiger partial charge in [-0.2, -0.15) is 0 Å². The van der Waals surface area contributed by atoms with Gasteiger partial charge in [0.2, 0.25) is 11.8 Å². The Bertz CT molecular complexity index is 766. The van der Waals surface area contributed by atoms with Gasteiger partial charge in [0.1, 0.15) is 0 Å². The Kier molecular flexibility index (Phi) is 6.36. The van der Waals surface area contributed by atoms with Gasteiger partial charge >= 0.3 is 0 Å². The summed E-state index contributed by atoms with van der Waals surface area (Å²) < 4.78 is 10.6. The predicted octanol–water partition coefficient (Wildman–Crippen LogP) is 1.80. The van der Waals surface area contributed by atoms with E-state index in [1.807, 2.05) is 18.2 Å². The Morgan fingerprint density at radius 3 is 2.52 bits per heavy atom. The zero-order valence-electron chi connectivity index (χ0n) is 18.1. The average Bonchev–Trinajstić information content (AvgIpc) is 3.29. The van der Waals surface area contributed by atoms with Gasteiger partial charge in [-0.05, 0) is 41.9 Å². The molecule has 1 aromatic rings. The number of carbonyl (C=O) groups excluding carboxylic acids is 2. The van der Waals surface area contributed by atoms with Crippen molar-refractivity contribution < 1.29 is 19.1 Å². The second-order valence-electron chi connectivity index (χ2n) is 8.68. The van der Waals surface area contributed by atoms with E-state index >= 15 is 0 Å². The van der Waals surface area contributed by atoms with Crippen LogP contribution >= 0.6 is 0 Å². The molecule has 2 aliphatic rings. The van der Waals surface area contributed by atoms with Crippen molar-refractivity contribution in [3.05, 3.63) is 23.8 Å². The van der Waals surface area contributed by atoms with Crippen LogP contribution in [0.25, 0.3) is 0 Å². The van der Waals surface area contributed by atoms with Crippen LogP contribution in [0, 0.1) is 17.3 Å². The van der Waals surface area contributed by atoms with Crippen LogP contribution in [0.5, 0.6) is 11.5 Å². The summed E-state index contributed by atoms with van der Waals surface area (Å²) in [6.07, 6.45) is 1.61. The number of amides is 2. The van der Waals surface area contributed by atoms with Crippen LogP contribution < -0.4 is 20.1 Å².